The van der Waals surface area contributed by atoms with E-state index >= 15 is 0 Å². The minimum Gasteiger partial charge on any atom is -0.442 e. The van der Waals surface area contributed by atoms with Gasteiger partial charge in [-0.3, -0.25) is 9.88 Å². The SMILES string of the molecule is O=C1OC(Cn2ccnn2)CN1c1ccc(N2CCN(c3cnccn3)CC2)c(F)c1. The van der Waals surface area contributed by atoms with Crippen molar-refractivity contribution < 1.29 is 13.9 Å². The van der Waals surface area contributed by atoms with Crippen molar-refractivity contribution in [1.82, 2.24) is 25.0 Å². The van der Waals surface area contributed by atoms with E-state index < -0.39 is 6.09 Å². The first-order chi connectivity index (χ1) is 15.2. The Morgan fingerprint density at radius 3 is 2.65 bits per heavy atom. The van der Waals surface area contributed by atoms with Crippen molar-refractivity contribution in [3.05, 3.63) is 55.0 Å². The van der Waals surface area contributed by atoms with Crippen LogP contribution in [0.5, 0.6) is 0 Å². The lowest BCUT2D eigenvalue weighted by atomic mass is 10.2. The molecular formula is C20H21FN8O2. The number of aromatic nitrogens is 5. The molecule has 1 aromatic carbocycles. The molecule has 1 amide bonds. The number of piperazine rings is 1. The second kappa shape index (κ2) is 8.17. The fourth-order valence-electron chi connectivity index (χ4n) is 3.92. The van der Waals surface area contributed by atoms with E-state index in [1.807, 2.05) is 4.90 Å². The average Bonchev–Trinajstić information content (AvgIpc) is 3.44. The monoisotopic (exact) mass is 424 g/mol. The van der Waals surface area contributed by atoms with Gasteiger partial charge < -0.3 is 14.5 Å². The molecule has 31 heavy (non-hydrogen) atoms. The molecule has 1 unspecified atom stereocenters. The first-order valence-corrected chi connectivity index (χ1v) is 10.0. The number of halogens is 1. The number of cyclic esters (lactones) is 1. The molecule has 2 aromatic heterocycles. The Hall–Kier alpha value is -3.76. The van der Waals surface area contributed by atoms with Gasteiger partial charge in [-0.1, -0.05) is 5.21 Å². The Morgan fingerprint density at radius 1 is 1.10 bits per heavy atom. The van der Waals surface area contributed by atoms with Gasteiger partial charge in [0.05, 0.1) is 36.9 Å². The van der Waals surface area contributed by atoms with E-state index in [1.54, 1.807) is 47.8 Å². The molecular weight excluding hydrogens is 403 g/mol. The fourth-order valence-corrected chi connectivity index (χ4v) is 3.92. The maximum absolute atomic E-state index is 15.0. The van der Waals surface area contributed by atoms with Gasteiger partial charge in [0.15, 0.2) is 0 Å². The Morgan fingerprint density at radius 2 is 1.94 bits per heavy atom. The number of carbonyl (C=O) groups excluding carboxylic acids is 1. The molecule has 5 rings (SSSR count). The molecule has 0 radical (unpaired) electrons. The van der Waals surface area contributed by atoms with E-state index in [2.05, 4.69) is 25.2 Å². The van der Waals surface area contributed by atoms with Crippen molar-refractivity contribution in [2.75, 3.05) is 47.4 Å². The molecule has 10 nitrogen and oxygen atoms in total. The molecule has 2 aliphatic rings. The molecule has 4 heterocycles. The van der Waals surface area contributed by atoms with Crippen molar-refractivity contribution >= 4 is 23.3 Å². The summed E-state index contributed by atoms with van der Waals surface area (Å²) in [5.74, 6) is 0.462. The van der Waals surface area contributed by atoms with Gasteiger partial charge >= 0.3 is 6.09 Å². The summed E-state index contributed by atoms with van der Waals surface area (Å²) in [4.78, 5) is 26.3. The van der Waals surface area contributed by atoms with E-state index in [4.69, 9.17) is 4.74 Å². The minimum atomic E-state index is -0.491. The molecule has 2 aliphatic heterocycles. The number of nitrogens with zero attached hydrogens (tertiary/aromatic N) is 8. The van der Waals surface area contributed by atoms with E-state index in [1.165, 1.54) is 11.0 Å². The first-order valence-electron chi connectivity index (χ1n) is 10.0. The summed E-state index contributed by atoms with van der Waals surface area (Å²) < 4.78 is 22.0. The van der Waals surface area contributed by atoms with E-state index in [0.717, 1.165) is 18.9 Å². The highest BCUT2D eigenvalue weighted by atomic mass is 19.1. The molecule has 0 N–H and O–H groups in total. The van der Waals surface area contributed by atoms with Crippen LogP contribution in [0.15, 0.2) is 49.2 Å². The minimum absolute atomic E-state index is 0.328. The van der Waals surface area contributed by atoms with Gasteiger partial charge in [0.1, 0.15) is 17.7 Å². The molecule has 3 aromatic rings. The summed E-state index contributed by atoms with van der Waals surface area (Å²) in [6.07, 6.45) is 7.45. The molecule has 0 bridgehead atoms. The first kappa shape index (κ1) is 19.2. The van der Waals surface area contributed by atoms with Gasteiger partial charge in [0.2, 0.25) is 0 Å². The molecule has 160 valence electrons. The number of rotatable bonds is 5. The summed E-state index contributed by atoms with van der Waals surface area (Å²) in [6.45, 7) is 3.51. The van der Waals surface area contributed by atoms with Gasteiger partial charge in [-0.25, -0.2) is 18.9 Å². The second-order valence-electron chi connectivity index (χ2n) is 7.41. The maximum Gasteiger partial charge on any atom is 0.414 e. The van der Waals surface area contributed by atoms with Gasteiger partial charge in [0.25, 0.3) is 0 Å². The summed E-state index contributed by atoms with van der Waals surface area (Å²) in [5.41, 5.74) is 1.000. The number of ether oxygens (including phenoxy) is 1. The zero-order valence-corrected chi connectivity index (χ0v) is 16.7. The number of benzene rings is 1. The zero-order valence-electron chi connectivity index (χ0n) is 16.7. The maximum atomic E-state index is 15.0. The zero-order chi connectivity index (χ0) is 21.2. The molecule has 11 heteroatoms. The van der Waals surface area contributed by atoms with Crippen LogP contribution in [0.25, 0.3) is 0 Å². The third-order valence-corrected chi connectivity index (χ3v) is 5.47. The Bertz CT molecular complexity index is 1040. The van der Waals surface area contributed by atoms with Crippen LogP contribution in [0.3, 0.4) is 0 Å². The third kappa shape index (κ3) is 3.98. The summed E-state index contributed by atoms with van der Waals surface area (Å²) >= 11 is 0. The summed E-state index contributed by atoms with van der Waals surface area (Å²) in [6, 6.07) is 4.87. The Balaban J connectivity index is 1.24. The molecule has 0 spiro atoms. The van der Waals surface area contributed by atoms with Gasteiger partial charge in [-0.2, -0.15) is 0 Å². The lowest BCUT2D eigenvalue weighted by Crippen LogP contribution is -2.47. The highest BCUT2D eigenvalue weighted by Crippen LogP contribution is 2.29. The van der Waals surface area contributed by atoms with Crippen LogP contribution in [0, 0.1) is 5.82 Å². The lowest BCUT2D eigenvalue weighted by molar-refractivity contribution is 0.129. The van der Waals surface area contributed by atoms with Crippen LogP contribution in [0.2, 0.25) is 0 Å². The van der Waals surface area contributed by atoms with E-state index in [0.29, 0.717) is 37.6 Å². The highest BCUT2D eigenvalue weighted by Gasteiger charge is 2.33. The Labute approximate surface area is 177 Å². The van der Waals surface area contributed by atoms with Crippen LogP contribution < -0.4 is 14.7 Å². The number of hydrogen-bond donors (Lipinski definition) is 0. The van der Waals surface area contributed by atoms with E-state index in [9.17, 15) is 9.18 Å². The highest BCUT2D eigenvalue weighted by molar-refractivity contribution is 5.90. The van der Waals surface area contributed by atoms with Crippen LogP contribution in [0.1, 0.15) is 0 Å². The van der Waals surface area contributed by atoms with Crippen LogP contribution >= 0.6 is 0 Å². The molecule has 0 saturated carbocycles. The van der Waals surface area contributed by atoms with Crippen LogP contribution in [-0.4, -0.2) is 69.9 Å². The Kier molecular flexibility index (Phi) is 5.06. The fraction of sp³-hybridized carbons (Fsp3) is 0.350. The number of hydrogen-bond acceptors (Lipinski definition) is 8. The molecule has 0 aliphatic carbocycles. The predicted molar refractivity (Wildman–Crippen MR) is 110 cm³/mol. The normalized spacial score (nSPS) is 19.1. The second-order valence-corrected chi connectivity index (χ2v) is 7.41. The predicted octanol–water partition coefficient (Wildman–Crippen LogP) is 1.56. The van der Waals surface area contributed by atoms with Crippen molar-refractivity contribution in [2.24, 2.45) is 0 Å². The van der Waals surface area contributed by atoms with Gasteiger partial charge in [0, 0.05) is 44.8 Å². The van der Waals surface area contributed by atoms with Gasteiger partial charge in [-0.05, 0) is 18.2 Å². The van der Waals surface area contributed by atoms with Crippen molar-refractivity contribution in [1.29, 1.82) is 0 Å². The number of carbonyl (C=O) groups is 1. The number of anilines is 3. The standard InChI is InChI=1S/C20H21FN8O2/c21-17-11-15(29-14-16(31-20(29)30)13-28-6-5-24-25-28)1-2-18(17)26-7-9-27(10-8-26)19-12-22-3-4-23-19/h1-6,11-12,16H,7-10,13-14H2. The smallest absolute Gasteiger partial charge is 0.414 e. The quantitative estimate of drug-likeness (QED) is 0.609. The largest absolute Gasteiger partial charge is 0.442 e. The van der Waals surface area contributed by atoms with Crippen molar-refractivity contribution in [3.8, 4) is 0 Å². The summed E-state index contributed by atoms with van der Waals surface area (Å²) in [7, 11) is 0. The van der Waals surface area contributed by atoms with E-state index in [-0.39, 0.29) is 11.9 Å². The lowest BCUT2D eigenvalue weighted by Gasteiger charge is -2.36. The van der Waals surface area contributed by atoms with Crippen molar-refractivity contribution in [2.45, 2.75) is 12.6 Å². The molecule has 2 saturated heterocycles. The molecule has 1 atom stereocenters. The van der Waals surface area contributed by atoms with Crippen LogP contribution in [0.4, 0.5) is 26.4 Å². The number of amides is 1. The average molecular weight is 424 g/mol. The molecule has 2 fully saturated rings. The van der Waals surface area contributed by atoms with Crippen LogP contribution in [-0.2, 0) is 11.3 Å². The topological polar surface area (TPSA) is 92.5 Å². The summed E-state index contributed by atoms with van der Waals surface area (Å²) in [5, 5.41) is 7.63. The van der Waals surface area contributed by atoms with Crippen molar-refractivity contribution in [3.63, 3.8) is 0 Å². The third-order valence-electron chi connectivity index (χ3n) is 5.47. The van der Waals surface area contributed by atoms with Gasteiger partial charge in [-0.15, -0.1) is 5.10 Å².